The van der Waals surface area contributed by atoms with Gasteiger partial charge in [-0.3, -0.25) is 4.79 Å². The number of nitrogens with one attached hydrogen (secondary N) is 3. The van der Waals surface area contributed by atoms with Crippen LogP contribution in [0.15, 0.2) is 84.9 Å². The quantitative estimate of drug-likeness (QED) is 0.219. The lowest BCUT2D eigenvalue weighted by molar-refractivity contribution is 0.0523. The number of anilines is 1. The molecule has 8 nitrogen and oxygen atoms in total. The molecule has 41 heavy (non-hydrogen) atoms. The van der Waals surface area contributed by atoms with Crippen molar-refractivity contribution in [3.8, 4) is 5.69 Å². The molecule has 3 aromatic carbocycles. The molecule has 4 aromatic rings. The van der Waals surface area contributed by atoms with Crippen molar-refractivity contribution in [3.63, 3.8) is 0 Å². The van der Waals surface area contributed by atoms with Crippen molar-refractivity contribution in [1.82, 2.24) is 20.4 Å². The molecule has 0 fully saturated rings. The van der Waals surface area contributed by atoms with E-state index in [9.17, 15) is 9.59 Å². The molecular weight excluding hydrogens is 514 g/mol. The lowest BCUT2D eigenvalue weighted by Crippen LogP contribution is -2.32. The molecule has 4 rings (SSSR count). The molecule has 8 heteroatoms. The van der Waals surface area contributed by atoms with E-state index in [-0.39, 0.29) is 24.5 Å². The Morgan fingerprint density at radius 1 is 0.902 bits per heavy atom. The summed E-state index contributed by atoms with van der Waals surface area (Å²) in [5.41, 5.74) is 5.01. The van der Waals surface area contributed by atoms with Crippen LogP contribution in [0.25, 0.3) is 5.69 Å². The van der Waals surface area contributed by atoms with E-state index in [1.54, 1.807) is 10.7 Å². The second-order valence-electron chi connectivity index (χ2n) is 11.4. The molecule has 0 spiro atoms. The van der Waals surface area contributed by atoms with Gasteiger partial charge in [0.05, 0.1) is 17.4 Å². The Hall–Kier alpha value is -4.43. The number of carbonyl (C=O) groups is 2. The molecule has 1 aromatic heterocycles. The van der Waals surface area contributed by atoms with Gasteiger partial charge in [-0.1, -0.05) is 54.6 Å². The van der Waals surface area contributed by atoms with Crippen molar-refractivity contribution in [2.45, 2.75) is 65.8 Å². The second-order valence-corrected chi connectivity index (χ2v) is 11.4. The zero-order valence-corrected chi connectivity index (χ0v) is 24.6. The largest absolute Gasteiger partial charge is 0.444 e. The summed E-state index contributed by atoms with van der Waals surface area (Å²) < 4.78 is 6.95. The van der Waals surface area contributed by atoms with Crippen LogP contribution in [0.2, 0.25) is 0 Å². The Labute approximate surface area is 242 Å². The van der Waals surface area contributed by atoms with Crippen molar-refractivity contribution in [3.05, 3.63) is 113 Å². The van der Waals surface area contributed by atoms with Gasteiger partial charge in [0.1, 0.15) is 11.3 Å². The minimum absolute atomic E-state index is 0.0159. The molecule has 0 aliphatic carbocycles. The second kappa shape index (κ2) is 12.8. The van der Waals surface area contributed by atoms with Gasteiger partial charge in [0, 0.05) is 18.3 Å². The van der Waals surface area contributed by atoms with Crippen LogP contribution in [0.5, 0.6) is 0 Å². The zero-order valence-electron chi connectivity index (χ0n) is 24.6. The van der Waals surface area contributed by atoms with Gasteiger partial charge in [0.25, 0.3) is 5.91 Å². The van der Waals surface area contributed by atoms with Crippen LogP contribution in [0.1, 0.15) is 73.5 Å². The average Bonchev–Trinajstić information content (AvgIpc) is 3.32. The normalized spacial score (nSPS) is 12.2. The summed E-state index contributed by atoms with van der Waals surface area (Å²) in [4.78, 5) is 25.6. The van der Waals surface area contributed by atoms with E-state index in [0.29, 0.717) is 22.8 Å². The predicted octanol–water partition coefficient (Wildman–Crippen LogP) is 6.55. The molecule has 2 amide bonds. The molecule has 214 valence electrons. The van der Waals surface area contributed by atoms with Gasteiger partial charge < -0.3 is 20.7 Å². The van der Waals surface area contributed by atoms with E-state index in [1.165, 1.54) is 0 Å². The highest BCUT2D eigenvalue weighted by atomic mass is 16.6. The first-order valence-corrected chi connectivity index (χ1v) is 13.8. The van der Waals surface area contributed by atoms with Crippen molar-refractivity contribution < 1.29 is 14.3 Å². The standard InChI is InChI=1S/C33H39N5O3/c1-22(2)35-30(25-13-8-7-9-14-25)26-15-11-16-27(20-26)36-31(39)29-18-23(3)37-38(29)28-17-10-12-24(19-28)21-34-32(40)41-33(4,5)6/h7-20,22,30,35H,21H2,1-6H3,(H,34,40)(H,36,39). The number of alkyl carbamates (subject to hydrolysis) is 1. The number of aromatic nitrogens is 2. The fourth-order valence-electron chi connectivity index (χ4n) is 4.50. The van der Waals surface area contributed by atoms with Crippen LogP contribution < -0.4 is 16.0 Å². The molecule has 1 unspecified atom stereocenters. The molecule has 1 atom stereocenters. The number of carbonyl (C=O) groups excluding carboxylic acids is 2. The summed E-state index contributed by atoms with van der Waals surface area (Å²) >= 11 is 0. The van der Waals surface area contributed by atoms with Crippen LogP contribution >= 0.6 is 0 Å². The van der Waals surface area contributed by atoms with E-state index in [4.69, 9.17) is 4.74 Å². The number of hydrogen-bond acceptors (Lipinski definition) is 5. The summed E-state index contributed by atoms with van der Waals surface area (Å²) in [6, 6.07) is 27.7. The SMILES string of the molecule is Cc1cc(C(=O)Nc2cccc(C(NC(C)C)c3ccccc3)c2)n(-c2cccc(CNC(=O)OC(C)(C)C)c2)n1. The van der Waals surface area contributed by atoms with Gasteiger partial charge in [0.15, 0.2) is 0 Å². The van der Waals surface area contributed by atoms with Crippen molar-refractivity contribution >= 4 is 17.7 Å². The van der Waals surface area contributed by atoms with E-state index in [0.717, 1.165) is 16.7 Å². The molecule has 0 aliphatic heterocycles. The summed E-state index contributed by atoms with van der Waals surface area (Å²) in [7, 11) is 0. The summed E-state index contributed by atoms with van der Waals surface area (Å²) in [5, 5.41) is 14.0. The highest BCUT2D eigenvalue weighted by molar-refractivity contribution is 6.03. The Balaban J connectivity index is 1.54. The Kier molecular flexibility index (Phi) is 9.24. The first-order valence-electron chi connectivity index (χ1n) is 13.8. The lowest BCUT2D eigenvalue weighted by atomic mass is 9.97. The van der Waals surface area contributed by atoms with Crippen LogP contribution in [-0.2, 0) is 11.3 Å². The minimum atomic E-state index is -0.576. The number of benzene rings is 3. The number of hydrogen-bond donors (Lipinski definition) is 3. The third-order valence-electron chi connectivity index (χ3n) is 6.17. The maximum absolute atomic E-state index is 13.5. The first-order chi connectivity index (χ1) is 19.5. The predicted molar refractivity (Wildman–Crippen MR) is 162 cm³/mol. The molecule has 1 heterocycles. The fraction of sp³-hybridized carbons (Fsp3) is 0.303. The van der Waals surface area contributed by atoms with E-state index in [1.807, 2.05) is 88.4 Å². The lowest BCUT2D eigenvalue weighted by Gasteiger charge is -2.23. The Morgan fingerprint density at radius 2 is 1.61 bits per heavy atom. The van der Waals surface area contributed by atoms with Crippen LogP contribution in [0.3, 0.4) is 0 Å². The third kappa shape index (κ3) is 8.28. The van der Waals surface area contributed by atoms with Gasteiger partial charge in [-0.25, -0.2) is 9.48 Å². The van der Waals surface area contributed by atoms with Crippen LogP contribution in [0.4, 0.5) is 10.5 Å². The molecule has 0 aliphatic rings. The van der Waals surface area contributed by atoms with Crippen molar-refractivity contribution in [2.75, 3.05) is 5.32 Å². The van der Waals surface area contributed by atoms with Crippen molar-refractivity contribution in [1.29, 1.82) is 0 Å². The molecule has 0 bridgehead atoms. The number of aryl methyl sites for hydroxylation is 1. The fourth-order valence-corrected chi connectivity index (χ4v) is 4.50. The smallest absolute Gasteiger partial charge is 0.407 e. The number of rotatable bonds is 9. The molecule has 0 saturated heterocycles. The van der Waals surface area contributed by atoms with Gasteiger partial charge in [-0.05, 0) is 88.6 Å². The number of nitrogens with zero attached hydrogens (tertiary/aromatic N) is 2. The summed E-state index contributed by atoms with van der Waals surface area (Å²) in [6.07, 6.45) is -0.488. The Bertz CT molecular complexity index is 1490. The number of ether oxygens (including phenoxy) is 1. The van der Waals surface area contributed by atoms with Crippen molar-refractivity contribution in [2.24, 2.45) is 0 Å². The molecular formula is C33H39N5O3. The van der Waals surface area contributed by atoms with Gasteiger partial charge >= 0.3 is 6.09 Å². The van der Waals surface area contributed by atoms with Gasteiger partial charge in [-0.2, -0.15) is 5.10 Å². The topological polar surface area (TPSA) is 97.3 Å². The highest BCUT2D eigenvalue weighted by Gasteiger charge is 2.19. The third-order valence-corrected chi connectivity index (χ3v) is 6.17. The van der Waals surface area contributed by atoms with E-state index >= 15 is 0 Å². The molecule has 0 saturated carbocycles. The van der Waals surface area contributed by atoms with Gasteiger partial charge in [-0.15, -0.1) is 0 Å². The van der Waals surface area contributed by atoms with E-state index < -0.39 is 11.7 Å². The highest BCUT2D eigenvalue weighted by Crippen LogP contribution is 2.26. The van der Waals surface area contributed by atoms with Crippen LogP contribution in [0, 0.1) is 6.92 Å². The van der Waals surface area contributed by atoms with Crippen LogP contribution in [-0.4, -0.2) is 33.4 Å². The average molecular weight is 554 g/mol. The summed E-state index contributed by atoms with van der Waals surface area (Å²) in [5.74, 6) is -0.270. The maximum atomic E-state index is 13.5. The zero-order chi connectivity index (χ0) is 29.6. The van der Waals surface area contributed by atoms with Gasteiger partial charge in [0.2, 0.25) is 0 Å². The Morgan fingerprint density at radius 3 is 2.32 bits per heavy atom. The number of amides is 2. The minimum Gasteiger partial charge on any atom is -0.444 e. The maximum Gasteiger partial charge on any atom is 0.407 e. The summed E-state index contributed by atoms with van der Waals surface area (Å²) in [6.45, 7) is 11.8. The monoisotopic (exact) mass is 553 g/mol. The van der Waals surface area contributed by atoms with E-state index in [2.05, 4.69) is 53.1 Å². The molecule has 3 N–H and O–H groups in total. The molecule has 0 radical (unpaired) electrons. The first kappa shape index (κ1) is 29.6.